The van der Waals surface area contributed by atoms with Gasteiger partial charge in [-0.2, -0.15) is 10.4 Å². The van der Waals surface area contributed by atoms with E-state index >= 15 is 0 Å². The zero-order valence-corrected chi connectivity index (χ0v) is 13.8. The van der Waals surface area contributed by atoms with Crippen molar-refractivity contribution in [2.24, 2.45) is 13.0 Å². The van der Waals surface area contributed by atoms with E-state index in [1.807, 2.05) is 33.3 Å². The summed E-state index contributed by atoms with van der Waals surface area (Å²) in [7, 11) is 1.90. The van der Waals surface area contributed by atoms with Crippen LogP contribution in [0, 0.1) is 17.2 Å². The topological polar surface area (TPSA) is 74.0 Å². The number of amides is 1. The zero-order chi connectivity index (χ0) is 16.3. The Labute approximate surface area is 132 Å². The van der Waals surface area contributed by atoms with Crippen molar-refractivity contribution < 1.29 is 4.79 Å². The van der Waals surface area contributed by atoms with E-state index < -0.39 is 5.54 Å². The Morgan fingerprint density at radius 1 is 1.64 bits per heavy atom. The highest BCUT2D eigenvalue weighted by Crippen LogP contribution is 2.31. The summed E-state index contributed by atoms with van der Waals surface area (Å²) in [5, 5.41) is 16.4. The maximum Gasteiger partial charge on any atom is 0.235 e. The largest absolute Gasteiger partial charge is 0.337 e. The molecule has 0 aromatic carbocycles. The molecule has 1 aromatic rings. The van der Waals surface area contributed by atoms with Gasteiger partial charge < -0.3 is 5.32 Å². The Hall–Kier alpha value is -1.87. The minimum absolute atomic E-state index is 0.0640. The Bertz CT molecular complexity index is 573. The molecule has 2 rings (SSSR count). The quantitative estimate of drug-likeness (QED) is 0.897. The van der Waals surface area contributed by atoms with E-state index in [1.54, 1.807) is 11.6 Å². The zero-order valence-electron chi connectivity index (χ0n) is 13.8. The van der Waals surface area contributed by atoms with E-state index in [1.165, 1.54) is 0 Å². The van der Waals surface area contributed by atoms with Gasteiger partial charge in [0.05, 0.1) is 18.8 Å². The van der Waals surface area contributed by atoms with Crippen LogP contribution < -0.4 is 5.32 Å². The first-order valence-corrected chi connectivity index (χ1v) is 7.80. The average molecular weight is 303 g/mol. The number of rotatable bonds is 5. The molecule has 2 heterocycles. The van der Waals surface area contributed by atoms with Crippen molar-refractivity contribution in [3.63, 3.8) is 0 Å². The number of nitrogens with one attached hydrogen (secondary N) is 1. The molecule has 2 atom stereocenters. The lowest BCUT2D eigenvalue weighted by Crippen LogP contribution is -2.51. The molecular formula is C16H25N5O. The van der Waals surface area contributed by atoms with E-state index in [4.69, 9.17) is 0 Å². The van der Waals surface area contributed by atoms with Crippen LogP contribution >= 0.6 is 0 Å². The van der Waals surface area contributed by atoms with E-state index in [0.29, 0.717) is 6.54 Å². The van der Waals surface area contributed by atoms with Gasteiger partial charge in [0.1, 0.15) is 5.54 Å². The molecule has 120 valence electrons. The lowest BCUT2D eigenvalue weighted by molar-refractivity contribution is -0.124. The number of likely N-dealkylation sites (tertiary alicyclic amines) is 1. The fraction of sp³-hybridized carbons (Fsp3) is 0.688. The SMILES string of the molecule is CC(C)[C@@](C)(C#N)NC(=O)CN1CCC[C@H]1c1cnn(C)c1. The molecule has 0 spiro atoms. The van der Waals surface area contributed by atoms with Crippen LogP contribution in [0.2, 0.25) is 0 Å². The highest BCUT2D eigenvalue weighted by molar-refractivity contribution is 5.79. The number of carbonyl (C=O) groups is 1. The summed E-state index contributed by atoms with van der Waals surface area (Å²) < 4.78 is 1.79. The van der Waals surface area contributed by atoms with Crippen molar-refractivity contribution in [3.05, 3.63) is 18.0 Å². The third kappa shape index (κ3) is 3.47. The van der Waals surface area contributed by atoms with Crippen molar-refractivity contribution >= 4 is 5.91 Å². The van der Waals surface area contributed by atoms with Gasteiger partial charge in [-0.3, -0.25) is 14.4 Å². The van der Waals surface area contributed by atoms with Gasteiger partial charge in [0.2, 0.25) is 5.91 Å². The molecule has 1 amide bonds. The molecule has 1 aromatic heterocycles. The molecule has 0 bridgehead atoms. The van der Waals surface area contributed by atoms with Crippen LogP contribution in [-0.2, 0) is 11.8 Å². The molecule has 0 radical (unpaired) electrons. The molecule has 1 fully saturated rings. The second-order valence-electron chi connectivity index (χ2n) is 6.59. The van der Waals surface area contributed by atoms with Crippen molar-refractivity contribution in [2.75, 3.05) is 13.1 Å². The molecule has 6 heteroatoms. The number of aromatic nitrogens is 2. The predicted octanol–water partition coefficient (Wildman–Crippen LogP) is 1.61. The second-order valence-corrected chi connectivity index (χ2v) is 6.59. The van der Waals surface area contributed by atoms with Gasteiger partial charge in [0, 0.05) is 24.8 Å². The van der Waals surface area contributed by atoms with E-state index in [9.17, 15) is 10.1 Å². The summed E-state index contributed by atoms with van der Waals surface area (Å²) in [5.74, 6) is -0.0253. The number of aryl methyl sites for hydroxylation is 1. The maximum atomic E-state index is 12.3. The molecular weight excluding hydrogens is 278 g/mol. The first kappa shape index (κ1) is 16.5. The predicted molar refractivity (Wildman–Crippen MR) is 83.8 cm³/mol. The molecule has 0 aliphatic carbocycles. The smallest absolute Gasteiger partial charge is 0.235 e. The first-order chi connectivity index (χ1) is 10.4. The van der Waals surface area contributed by atoms with Crippen molar-refractivity contribution in [1.82, 2.24) is 20.0 Å². The molecule has 1 aliphatic rings. The number of hydrogen-bond acceptors (Lipinski definition) is 4. The van der Waals surface area contributed by atoms with Gasteiger partial charge in [0.15, 0.2) is 0 Å². The summed E-state index contributed by atoms with van der Waals surface area (Å²) in [6, 6.07) is 2.46. The monoisotopic (exact) mass is 303 g/mol. The Kier molecular flexibility index (Phi) is 4.87. The summed E-state index contributed by atoms with van der Waals surface area (Å²) in [5.41, 5.74) is 0.334. The van der Waals surface area contributed by atoms with Crippen LogP contribution in [0.3, 0.4) is 0 Å². The van der Waals surface area contributed by atoms with Crippen LogP contribution in [0.1, 0.15) is 45.2 Å². The second kappa shape index (κ2) is 6.49. The lowest BCUT2D eigenvalue weighted by atomic mass is 9.90. The minimum Gasteiger partial charge on any atom is -0.337 e. The molecule has 1 aliphatic heterocycles. The minimum atomic E-state index is -0.819. The van der Waals surface area contributed by atoms with Crippen LogP contribution in [0.25, 0.3) is 0 Å². The van der Waals surface area contributed by atoms with Crippen molar-refractivity contribution in [1.29, 1.82) is 5.26 Å². The highest BCUT2D eigenvalue weighted by atomic mass is 16.2. The molecule has 0 saturated carbocycles. The molecule has 0 unspecified atom stereocenters. The molecule has 6 nitrogen and oxygen atoms in total. The summed E-state index contributed by atoms with van der Waals surface area (Å²) in [6.07, 6.45) is 5.99. The fourth-order valence-corrected chi connectivity index (χ4v) is 2.82. The number of carbonyl (C=O) groups excluding carboxylic acids is 1. The van der Waals surface area contributed by atoms with Crippen LogP contribution in [0.15, 0.2) is 12.4 Å². The van der Waals surface area contributed by atoms with Crippen LogP contribution in [-0.4, -0.2) is 39.2 Å². The molecule has 1 N–H and O–H groups in total. The first-order valence-electron chi connectivity index (χ1n) is 7.80. The normalized spacial score (nSPS) is 21.5. The Balaban J connectivity index is 2.00. The van der Waals surface area contributed by atoms with Gasteiger partial charge in [-0.25, -0.2) is 0 Å². The van der Waals surface area contributed by atoms with Crippen molar-refractivity contribution in [2.45, 2.75) is 45.2 Å². The maximum absolute atomic E-state index is 12.3. The lowest BCUT2D eigenvalue weighted by Gasteiger charge is -2.29. The summed E-state index contributed by atoms with van der Waals surface area (Å²) in [4.78, 5) is 14.5. The van der Waals surface area contributed by atoms with Gasteiger partial charge >= 0.3 is 0 Å². The van der Waals surface area contributed by atoms with Gasteiger partial charge in [-0.15, -0.1) is 0 Å². The Morgan fingerprint density at radius 3 is 2.91 bits per heavy atom. The van der Waals surface area contributed by atoms with Crippen LogP contribution in [0.5, 0.6) is 0 Å². The Morgan fingerprint density at radius 2 is 2.36 bits per heavy atom. The summed E-state index contributed by atoms with van der Waals surface area (Å²) in [6.45, 7) is 6.88. The van der Waals surface area contributed by atoms with Crippen molar-refractivity contribution in [3.8, 4) is 6.07 Å². The highest BCUT2D eigenvalue weighted by Gasteiger charge is 2.33. The fourth-order valence-electron chi connectivity index (χ4n) is 2.82. The average Bonchev–Trinajstić information content (AvgIpc) is 3.07. The number of nitrogens with zero attached hydrogens (tertiary/aromatic N) is 4. The van der Waals surface area contributed by atoms with Gasteiger partial charge in [-0.1, -0.05) is 13.8 Å². The standard InChI is InChI=1S/C16H25N5O/c1-12(2)16(3,11-17)19-15(22)10-21-7-5-6-14(21)13-8-18-20(4)9-13/h8-9,12,14H,5-7,10H2,1-4H3,(H,19,22)/t14-,16+/m0/s1. The van der Waals surface area contributed by atoms with Gasteiger partial charge in [-0.05, 0) is 32.2 Å². The molecule has 1 saturated heterocycles. The number of hydrogen-bond donors (Lipinski definition) is 1. The molecule has 22 heavy (non-hydrogen) atoms. The third-order valence-corrected chi connectivity index (χ3v) is 4.61. The van der Waals surface area contributed by atoms with E-state index in [2.05, 4.69) is 21.4 Å². The van der Waals surface area contributed by atoms with E-state index in [0.717, 1.165) is 24.9 Å². The summed E-state index contributed by atoms with van der Waals surface area (Å²) >= 11 is 0. The van der Waals surface area contributed by atoms with Crippen LogP contribution in [0.4, 0.5) is 0 Å². The van der Waals surface area contributed by atoms with Gasteiger partial charge in [0.25, 0.3) is 0 Å². The number of nitriles is 1. The third-order valence-electron chi connectivity index (χ3n) is 4.61. The van der Waals surface area contributed by atoms with E-state index in [-0.39, 0.29) is 17.9 Å².